The van der Waals surface area contributed by atoms with Crippen molar-refractivity contribution in [1.82, 2.24) is 0 Å². The molecule has 0 aliphatic carbocycles. The first-order valence-electron chi connectivity index (χ1n) is 5.89. The highest BCUT2D eigenvalue weighted by molar-refractivity contribution is 8.00. The molecule has 1 aliphatic heterocycles. The number of anilines is 1. The van der Waals surface area contributed by atoms with Crippen molar-refractivity contribution < 1.29 is 0 Å². The molecule has 0 spiro atoms. The molecule has 0 radical (unpaired) electrons. The molecule has 2 N–H and O–H groups in total. The predicted octanol–water partition coefficient (Wildman–Crippen LogP) is 2.48. The lowest BCUT2D eigenvalue weighted by Crippen LogP contribution is -2.44. The van der Waals surface area contributed by atoms with Gasteiger partial charge in [0, 0.05) is 35.8 Å². The number of nitrogens with two attached hydrogens (primary N) is 1. The molecule has 3 heteroatoms. The summed E-state index contributed by atoms with van der Waals surface area (Å²) in [6.45, 7) is 6.39. The molecule has 1 saturated heterocycles. The van der Waals surface area contributed by atoms with Crippen molar-refractivity contribution in [2.75, 3.05) is 17.2 Å². The van der Waals surface area contributed by atoms with Crippen LogP contribution in [0.4, 0.5) is 5.69 Å². The maximum Gasteiger partial charge on any atom is 0.0378 e. The normalized spacial score (nSPS) is 25.8. The van der Waals surface area contributed by atoms with E-state index in [9.17, 15) is 0 Å². The molecule has 1 fully saturated rings. The fraction of sp³-hybridized carbons (Fsp3) is 0.538. The average Bonchev–Trinajstić information content (AvgIpc) is 2.33. The van der Waals surface area contributed by atoms with E-state index in [4.69, 9.17) is 5.73 Å². The minimum absolute atomic E-state index is 0.603. The predicted molar refractivity (Wildman–Crippen MR) is 73.1 cm³/mol. The van der Waals surface area contributed by atoms with Crippen molar-refractivity contribution in [2.45, 2.75) is 31.7 Å². The van der Waals surface area contributed by atoms with Crippen molar-refractivity contribution in [1.29, 1.82) is 0 Å². The van der Waals surface area contributed by atoms with Gasteiger partial charge in [-0.15, -0.1) is 0 Å². The Morgan fingerprint density at radius 1 is 1.44 bits per heavy atom. The van der Waals surface area contributed by atoms with Crippen LogP contribution >= 0.6 is 11.8 Å². The van der Waals surface area contributed by atoms with E-state index in [1.54, 1.807) is 0 Å². The number of hydrogen-bond donors (Lipinski definition) is 1. The minimum Gasteiger partial charge on any atom is -0.367 e. The number of rotatable bonds is 2. The molecule has 2 atom stereocenters. The molecule has 0 aromatic heterocycles. The van der Waals surface area contributed by atoms with E-state index in [-0.39, 0.29) is 0 Å². The molecule has 2 unspecified atom stereocenters. The number of hydrogen-bond acceptors (Lipinski definition) is 3. The monoisotopic (exact) mass is 236 g/mol. The molecule has 2 rings (SSSR count). The van der Waals surface area contributed by atoms with Gasteiger partial charge in [0.05, 0.1) is 0 Å². The second-order valence-electron chi connectivity index (χ2n) is 4.38. The van der Waals surface area contributed by atoms with E-state index in [0.29, 0.717) is 17.8 Å². The van der Waals surface area contributed by atoms with Crippen molar-refractivity contribution >= 4 is 17.4 Å². The summed E-state index contributed by atoms with van der Waals surface area (Å²) < 4.78 is 0. The average molecular weight is 236 g/mol. The zero-order valence-electron chi connectivity index (χ0n) is 10.0. The van der Waals surface area contributed by atoms with Crippen LogP contribution in [0.3, 0.4) is 0 Å². The molecule has 0 saturated carbocycles. The van der Waals surface area contributed by atoms with E-state index >= 15 is 0 Å². The first-order chi connectivity index (χ1) is 7.72. The molecule has 0 amide bonds. The Hall–Kier alpha value is -0.670. The van der Waals surface area contributed by atoms with Crippen LogP contribution < -0.4 is 10.6 Å². The smallest absolute Gasteiger partial charge is 0.0378 e. The van der Waals surface area contributed by atoms with Gasteiger partial charge in [-0.25, -0.2) is 0 Å². The van der Waals surface area contributed by atoms with Gasteiger partial charge in [-0.2, -0.15) is 11.8 Å². The van der Waals surface area contributed by atoms with Crippen LogP contribution in [-0.4, -0.2) is 23.6 Å². The van der Waals surface area contributed by atoms with Gasteiger partial charge in [0.15, 0.2) is 0 Å². The molecule has 1 aromatic rings. The summed E-state index contributed by atoms with van der Waals surface area (Å²) in [6, 6.07) is 9.22. The number of nitrogens with zero attached hydrogens (tertiary/aromatic N) is 1. The highest BCUT2D eigenvalue weighted by Gasteiger charge is 2.25. The molecular formula is C13H20N2S. The summed E-state index contributed by atoms with van der Waals surface area (Å²) in [4.78, 5) is 2.50. The van der Waals surface area contributed by atoms with Crippen LogP contribution in [0, 0.1) is 0 Å². The van der Waals surface area contributed by atoms with E-state index in [1.807, 2.05) is 0 Å². The summed E-state index contributed by atoms with van der Waals surface area (Å²) in [5, 5.41) is 0.704. The zero-order chi connectivity index (χ0) is 11.5. The zero-order valence-corrected chi connectivity index (χ0v) is 10.8. The molecule has 16 heavy (non-hydrogen) atoms. The van der Waals surface area contributed by atoms with E-state index in [1.165, 1.54) is 17.0 Å². The fourth-order valence-corrected chi connectivity index (χ4v) is 3.26. The molecule has 1 aromatic carbocycles. The second kappa shape index (κ2) is 5.11. The van der Waals surface area contributed by atoms with Crippen molar-refractivity contribution in [3.63, 3.8) is 0 Å². The van der Waals surface area contributed by atoms with Crippen LogP contribution in [-0.2, 0) is 6.54 Å². The van der Waals surface area contributed by atoms with E-state index in [0.717, 1.165) is 6.54 Å². The number of benzene rings is 1. The maximum absolute atomic E-state index is 5.69. The third-order valence-corrected chi connectivity index (χ3v) is 4.70. The molecule has 1 heterocycles. The first-order valence-corrected chi connectivity index (χ1v) is 6.94. The highest BCUT2D eigenvalue weighted by atomic mass is 32.2. The summed E-state index contributed by atoms with van der Waals surface area (Å²) in [5.74, 6) is 1.22. The maximum atomic E-state index is 5.69. The topological polar surface area (TPSA) is 29.3 Å². The number of thioether (sulfide) groups is 1. The fourth-order valence-electron chi connectivity index (χ4n) is 2.16. The van der Waals surface area contributed by atoms with Gasteiger partial charge in [0.1, 0.15) is 0 Å². The minimum atomic E-state index is 0.603. The van der Waals surface area contributed by atoms with E-state index in [2.05, 4.69) is 54.8 Å². The molecule has 1 aliphatic rings. The quantitative estimate of drug-likeness (QED) is 0.855. The van der Waals surface area contributed by atoms with Crippen LogP contribution in [0.2, 0.25) is 0 Å². The lowest BCUT2D eigenvalue weighted by atomic mass is 10.1. The van der Waals surface area contributed by atoms with Crippen LogP contribution in [0.25, 0.3) is 0 Å². The summed E-state index contributed by atoms with van der Waals surface area (Å²) >= 11 is 2.07. The summed E-state index contributed by atoms with van der Waals surface area (Å²) in [7, 11) is 0. The molecular weight excluding hydrogens is 216 g/mol. The lowest BCUT2D eigenvalue weighted by Gasteiger charge is -2.39. The first kappa shape index (κ1) is 11.8. The van der Waals surface area contributed by atoms with Gasteiger partial charge >= 0.3 is 0 Å². The van der Waals surface area contributed by atoms with Gasteiger partial charge in [-0.05, 0) is 24.6 Å². The third kappa shape index (κ3) is 2.36. The molecule has 0 bridgehead atoms. The SMILES string of the molecule is CC1SCCN(c2cccc(CN)c2)C1C. The Morgan fingerprint density at radius 3 is 3.00 bits per heavy atom. The Morgan fingerprint density at radius 2 is 2.25 bits per heavy atom. The highest BCUT2D eigenvalue weighted by Crippen LogP contribution is 2.29. The van der Waals surface area contributed by atoms with Gasteiger partial charge in [0.2, 0.25) is 0 Å². The Balaban J connectivity index is 2.21. The summed E-state index contributed by atoms with van der Waals surface area (Å²) in [6.07, 6.45) is 0. The van der Waals surface area contributed by atoms with Crippen LogP contribution in [0.5, 0.6) is 0 Å². The second-order valence-corrected chi connectivity index (χ2v) is 5.87. The van der Waals surface area contributed by atoms with Crippen molar-refractivity contribution in [3.8, 4) is 0 Å². The van der Waals surface area contributed by atoms with Gasteiger partial charge in [0.25, 0.3) is 0 Å². The van der Waals surface area contributed by atoms with Crippen molar-refractivity contribution in [2.24, 2.45) is 5.73 Å². The molecule has 2 nitrogen and oxygen atoms in total. The molecule has 88 valence electrons. The Bertz CT molecular complexity index is 354. The van der Waals surface area contributed by atoms with Gasteiger partial charge < -0.3 is 10.6 Å². The summed E-state index contributed by atoms with van der Waals surface area (Å²) in [5.41, 5.74) is 8.23. The van der Waals surface area contributed by atoms with Gasteiger partial charge in [-0.3, -0.25) is 0 Å². The van der Waals surface area contributed by atoms with E-state index < -0.39 is 0 Å². The lowest BCUT2D eigenvalue weighted by molar-refractivity contribution is 0.627. The van der Waals surface area contributed by atoms with Crippen molar-refractivity contribution in [3.05, 3.63) is 29.8 Å². The van der Waals surface area contributed by atoms with Gasteiger partial charge in [-0.1, -0.05) is 19.1 Å². The largest absolute Gasteiger partial charge is 0.367 e. The Labute approximate surface area is 102 Å². The van der Waals surface area contributed by atoms with Crippen LogP contribution in [0.15, 0.2) is 24.3 Å². The Kier molecular flexibility index (Phi) is 3.77. The third-order valence-electron chi connectivity index (χ3n) is 3.36. The van der Waals surface area contributed by atoms with Crippen LogP contribution in [0.1, 0.15) is 19.4 Å². The standard InChI is InChI=1S/C13H20N2S/c1-10-11(2)16-7-6-15(10)13-5-3-4-12(8-13)9-14/h3-5,8,10-11H,6-7,9,14H2,1-2H3.